The maximum atomic E-state index is 10.3. The molecule has 0 fully saturated rings. The molecular formula is C10H8N2O2. The van der Waals surface area contributed by atoms with Crippen molar-refractivity contribution in [3.8, 4) is 11.1 Å². The Labute approximate surface area is 80.5 Å². The van der Waals surface area contributed by atoms with Crippen LogP contribution < -0.4 is 5.32 Å². The van der Waals surface area contributed by atoms with Crippen molar-refractivity contribution in [1.82, 2.24) is 5.16 Å². The molecule has 70 valence electrons. The highest BCUT2D eigenvalue weighted by Crippen LogP contribution is 2.26. The predicted octanol–water partition coefficient (Wildman–Crippen LogP) is 1.91. The van der Waals surface area contributed by atoms with Gasteiger partial charge in [-0.25, -0.2) is 0 Å². The van der Waals surface area contributed by atoms with E-state index in [1.165, 1.54) is 0 Å². The summed E-state index contributed by atoms with van der Waals surface area (Å²) in [4.78, 5) is 10.3. The van der Waals surface area contributed by atoms with Crippen LogP contribution >= 0.6 is 0 Å². The van der Waals surface area contributed by atoms with E-state index in [-0.39, 0.29) is 0 Å². The molecule has 0 aliphatic carbocycles. The molecule has 0 atom stereocenters. The second kappa shape index (κ2) is 3.74. The Bertz CT molecular complexity index is 423. The summed E-state index contributed by atoms with van der Waals surface area (Å²) in [7, 11) is 0. The minimum absolute atomic E-state index is 0.367. The van der Waals surface area contributed by atoms with Gasteiger partial charge in [0, 0.05) is 0 Å². The van der Waals surface area contributed by atoms with Crippen LogP contribution in [0.4, 0.5) is 5.88 Å². The quantitative estimate of drug-likeness (QED) is 0.748. The molecule has 1 N–H and O–H groups in total. The number of hydrogen-bond donors (Lipinski definition) is 1. The van der Waals surface area contributed by atoms with Crippen LogP contribution in [0, 0.1) is 0 Å². The predicted molar refractivity (Wildman–Crippen MR) is 51.6 cm³/mol. The molecule has 0 unspecified atom stereocenters. The van der Waals surface area contributed by atoms with Gasteiger partial charge in [0.2, 0.25) is 12.3 Å². The SMILES string of the molecule is O=CNc1oncc1-c1ccccc1. The van der Waals surface area contributed by atoms with E-state index in [1.807, 2.05) is 30.3 Å². The minimum Gasteiger partial charge on any atom is -0.338 e. The van der Waals surface area contributed by atoms with Crippen LogP contribution in [-0.2, 0) is 4.79 Å². The fourth-order valence-electron chi connectivity index (χ4n) is 1.22. The van der Waals surface area contributed by atoms with E-state index >= 15 is 0 Å². The number of carbonyl (C=O) groups excluding carboxylic acids is 1. The molecule has 0 spiro atoms. The highest BCUT2D eigenvalue weighted by atomic mass is 16.5. The van der Waals surface area contributed by atoms with E-state index < -0.39 is 0 Å². The summed E-state index contributed by atoms with van der Waals surface area (Å²) >= 11 is 0. The normalized spacial score (nSPS) is 9.71. The first kappa shape index (κ1) is 8.50. The van der Waals surface area contributed by atoms with Crippen LogP contribution in [0.25, 0.3) is 11.1 Å². The lowest BCUT2D eigenvalue weighted by molar-refractivity contribution is -0.105. The van der Waals surface area contributed by atoms with Gasteiger partial charge in [-0.05, 0) is 5.56 Å². The highest BCUT2D eigenvalue weighted by Gasteiger charge is 2.08. The number of carbonyl (C=O) groups is 1. The molecule has 0 bridgehead atoms. The summed E-state index contributed by atoms with van der Waals surface area (Å²) < 4.78 is 4.87. The first-order valence-electron chi connectivity index (χ1n) is 4.12. The molecule has 1 amide bonds. The lowest BCUT2D eigenvalue weighted by atomic mass is 10.1. The van der Waals surface area contributed by atoms with Crippen LogP contribution in [0.2, 0.25) is 0 Å². The lowest BCUT2D eigenvalue weighted by Crippen LogP contribution is -1.93. The molecule has 1 heterocycles. The van der Waals surface area contributed by atoms with Crippen LogP contribution in [0.3, 0.4) is 0 Å². The topological polar surface area (TPSA) is 55.1 Å². The number of aromatic nitrogens is 1. The van der Waals surface area contributed by atoms with E-state index in [2.05, 4.69) is 10.5 Å². The molecule has 4 heteroatoms. The van der Waals surface area contributed by atoms with Gasteiger partial charge in [0.25, 0.3) is 0 Å². The molecule has 1 aromatic carbocycles. The third kappa shape index (κ3) is 1.50. The van der Waals surface area contributed by atoms with Crippen molar-refractivity contribution in [3.05, 3.63) is 36.5 Å². The maximum Gasteiger partial charge on any atom is 0.238 e. The van der Waals surface area contributed by atoms with E-state index in [0.717, 1.165) is 11.1 Å². The summed E-state index contributed by atoms with van der Waals surface area (Å²) in [5.74, 6) is 0.367. The Hall–Kier alpha value is -2.10. The Morgan fingerprint density at radius 2 is 2.07 bits per heavy atom. The monoisotopic (exact) mass is 188 g/mol. The standard InChI is InChI=1S/C10H8N2O2/c13-7-11-10-9(6-12-14-10)8-4-2-1-3-5-8/h1-7H,(H,11,13). The van der Waals surface area contributed by atoms with Crippen molar-refractivity contribution in [3.63, 3.8) is 0 Å². The highest BCUT2D eigenvalue weighted by molar-refractivity contribution is 5.80. The maximum absolute atomic E-state index is 10.3. The van der Waals surface area contributed by atoms with Crippen LogP contribution in [-0.4, -0.2) is 11.6 Å². The molecule has 2 aromatic rings. The van der Waals surface area contributed by atoms with Crippen LogP contribution in [0.15, 0.2) is 41.1 Å². The second-order valence-corrected chi connectivity index (χ2v) is 2.70. The van der Waals surface area contributed by atoms with E-state index in [9.17, 15) is 4.79 Å². The number of amides is 1. The van der Waals surface area contributed by atoms with Gasteiger partial charge < -0.3 is 4.52 Å². The van der Waals surface area contributed by atoms with Gasteiger partial charge in [-0.3, -0.25) is 10.1 Å². The first-order valence-corrected chi connectivity index (χ1v) is 4.12. The average molecular weight is 188 g/mol. The van der Waals surface area contributed by atoms with Crippen molar-refractivity contribution in [2.75, 3.05) is 5.32 Å². The number of nitrogens with one attached hydrogen (secondary N) is 1. The second-order valence-electron chi connectivity index (χ2n) is 2.70. The van der Waals surface area contributed by atoms with Gasteiger partial charge in [0.1, 0.15) is 0 Å². The molecule has 4 nitrogen and oxygen atoms in total. The van der Waals surface area contributed by atoms with Gasteiger partial charge in [0.15, 0.2) is 0 Å². The summed E-state index contributed by atoms with van der Waals surface area (Å²) in [5, 5.41) is 6.07. The Morgan fingerprint density at radius 1 is 1.29 bits per heavy atom. The molecule has 0 aliphatic rings. The van der Waals surface area contributed by atoms with Crippen molar-refractivity contribution < 1.29 is 9.32 Å². The molecule has 2 rings (SSSR count). The van der Waals surface area contributed by atoms with Crippen LogP contribution in [0.5, 0.6) is 0 Å². The number of nitrogens with zero attached hydrogens (tertiary/aromatic N) is 1. The molecule has 14 heavy (non-hydrogen) atoms. The molecule has 1 aromatic heterocycles. The smallest absolute Gasteiger partial charge is 0.238 e. The van der Waals surface area contributed by atoms with Crippen molar-refractivity contribution >= 4 is 12.3 Å². The van der Waals surface area contributed by atoms with Crippen molar-refractivity contribution in [2.45, 2.75) is 0 Å². The van der Waals surface area contributed by atoms with Crippen LogP contribution in [0.1, 0.15) is 0 Å². The van der Waals surface area contributed by atoms with Crippen molar-refractivity contribution in [1.29, 1.82) is 0 Å². The van der Waals surface area contributed by atoms with Gasteiger partial charge in [-0.15, -0.1) is 0 Å². The van der Waals surface area contributed by atoms with Gasteiger partial charge >= 0.3 is 0 Å². The first-order chi connectivity index (χ1) is 6.92. The number of benzene rings is 1. The van der Waals surface area contributed by atoms with Crippen molar-refractivity contribution in [2.24, 2.45) is 0 Å². The zero-order valence-electron chi connectivity index (χ0n) is 7.31. The summed E-state index contributed by atoms with van der Waals surface area (Å²) in [6.45, 7) is 0. The molecular weight excluding hydrogens is 180 g/mol. The van der Waals surface area contributed by atoms with Gasteiger partial charge in [-0.1, -0.05) is 35.5 Å². The fraction of sp³-hybridized carbons (Fsp3) is 0. The molecule has 0 saturated heterocycles. The average Bonchev–Trinajstić information content (AvgIpc) is 2.68. The minimum atomic E-state index is 0.367. The summed E-state index contributed by atoms with van der Waals surface area (Å²) in [6.07, 6.45) is 2.13. The fourth-order valence-corrected chi connectivity index (χ4v) is 1.22. The third-order valence-electron chi connectivity index (χ3n) is 1.85. The molecule has 0 radical (unpaired) electrons. The Morgan fingerprint density at radius 3 is 2.79 bits per heavy atom. The van der Waals surface area contributed by atoms with E-state index in [0.29, 0.717) is 12.3 Å². The zero-order valence-corrected chi connectivity index (χ0v) is 7.31. The number of rotatable bonds is 3. The Kier molecular flexibility index (Phi) is 2.27. The summed E-state index contributed by atoms with van der Waals surface area (Å²) in [5.41, 5.74) is 1.73. The van der Waals surface area contributed by atoms with E-state index in [1.54, 1.807) is 6.20 Å². The van der Waals surface area contributed by atoms with Gasteiger partial charge in [-0.2, -0.15) is 0 Å². The third-order valence-corrected chi connectivity index (χ3v) is 1.85. The molecule has 0 saturated carbocycles. The van der Waals surface area contributed by atoms with E-state index in [4.69, 9.17) is 4.52 Å². The molecule has 0 aliphatic heterocycles. The largest absolute Gasteiger partial charge is 0.338 e. The van der Waals surface area contributed by atoms with Gasteiger partial charge in [0.05, 0.1) is 11.8 Å². The number of hydrogen-bond acceptors (Lipinski definition) is 3. The number of anilines is 1. The Balaban J connectivity index is 2.41. The zero-order chi connectivity index (χ0) is 9.80. The summed E-state index contributed by atoms with van der Waals surface area (Å²) in [6, 6.07) is 9.58. The lowest BCUT2D eigenvalue weighted by Gasteiger charge is -1.97.